The number of nitrogens with zero attached hydrogens (tertiary/aromatic N) is 1. The summed E-state index contributed by atoms with van der Waals surface area (Å²) in [5.74, 6) is -0.241. The number of carbonyl (C=O) groups is 1. The maximum absolute atomic E-state index is 11.9. The lowest BCUT2D eigenvalue weighted by Gasteiger charge is -2.37. The molecule has 0 amide bonds. The van der Waals surface area contributed by atoms with Crippen LogP contribution in [0.2, 0.25) is 0 Å². The van der Waals surface area contributed by atoms with Gasteiger partial charge in [-0.15, -0.1) is 0 Å². The number of hydrogen-bond donors (Lipinski definition) is 1. The summed E-state index contributed by atoms with van der Waals surface area (Å²) in [6.45, 7) is 4.52. The SMILES string of the molecule is C[C@H](c1ccccc1)N(Cc1ccccc1)[C@H]1CC(=O)O[C@@H]1[C@@H](C)O. The zero-order chi connectivity index (χ0) is 17.8. The highest BCUT2D eigenvalue weighted by atomic mass is 16.6. The Morgan fingerprint density at radius 2 is 1.68 bits per heavy atom. The van der Waals surface area contributed by atoms with Crippen molar-refractivity contribution in [3.63, 3.8) is 0 Å². The Bertz CT molecular complexity index is 687. The molecule has 1 aliphatic rings. The molecule has 0 radical (unpaired) electrons. The highest BCUT2D eigenvalue weighted by Gasteiger charge is 2.42. The predicted octanol–water partition coefficient (Wildman–Crippen LogP) is 3.31. The van der Waals surface area contributed by atoms with Crippen LogP contribution in [0.15, 0.2) is 60.7 Å². The minimum Gasteiger partial charge on any atom is -0.458 e. The molecule has 0 bridgehead atoms. The van der Waals surface area contributed by atoms with Gasteiger partial charge in [0.15, 0.2) is 0 Å². The molecule has 1 fully saturated rings. The lowest BCUT2D eigenvalue weighted by Crippen LogP contribution is -2.46. The fourth-order valence-corrected chi connectivity index (χ4v) is 3.55. The van der Waals surface area contributed by atoms with Crippen molar-refractivity contribution >= 4 is 5.97 Å². The smallest absolute Gasteiger partial charge is 0.307 e. The van der Waals surface area contributed by atoms with E-state index in [9.17, 15) is 9.90 Å². The van der Waals surface area contributed by atoms with Gasteiger partial charge in [0.1, 0.15) is 6.10 Å². The number of aliphatic hydroxyl groups is 1. The van der Waals surface area contributed by atoms with Gasteiger partial charge in [0, 0.05) is 12.6 Å². The number of rotatable bonds is 6. The summed E-state index contributed by atoms with van der Waals surface area (Å²) in [5, 5.41) is 10.1. The molecule has 1 saturated heterocycles. The van der Waals surface area contributed by atoms with E-state index < -0.39 is 12.2 Å². The molecule has 0 saturated carbocycles. The molecule has 4 atom stereocenters. The van der Waals surface area contributed by atoms with Crippen LogP contribution in [0.1, 0.15) is 37.4 Å². The molecule has 0 aromatic heterocycles. The molecule has 0 spiro atoms. The average molecular weight is 339 g/mol. The van der Waals surface area contributed by atoms with Gasteiger partial charge >= 0.3 is 5.97 Å². The van der Waals surface area contributed by atoms with Crippen molar-refractivity contribution in [3.8, 4) is 0 Å². The van der Waals surface area contributed by atoms with E-state index in [0.717, 1.165) is 0 Å². The molecule has 132 valence electrons. The zero-order valence-corrected chi connectivity index (χ0v) is 14.7. The molecule has 25 heavy (non-hydrogen) atoms. The van der Waals surface area contributed by atoms with Crippen molar-refractivity contribution in [3.05, 3.63) is 71.8 Å². The Labute approximate surface area is 149 Å². The second-order valence-electron chi connectivity index (χ2n) is 6.71. The van der Waals surface area contributed by atoms with Crippen molar-refractivity contribution in [2.45, 2.75) is 51.1 Å². The van der Waals surface area contributed by atoms with Gasteiger partial charge < -0.3 is 9.84 Å². The fourth-order valence-electron chi connectivity index (χ4n) is 3.55. The molecule has 3 rings (SSSR count). The van der Waals surface area contributed by atoms with E-state index in [-0.39, 0.29) is 18.1 Å². The number of cyclic esters (lactones) is 1. The Kier molecular flexibility index (Phi) is 5.51. The maximum atomic E-state index is 11.9. The van der Waals surface area contributed by atoms with Crippen LogP contribution in [-0.2, 0) is 16.1 Å². The Balaban J connectivity index is 1.92. The number of hydrogen-bond acceptors (Lipinski definition) is 4. The van der Waals surface area contributed by atoms with Crippen LogP contribution in [-0.4, -0.2) is 34.2 Å². The summed E-state index contributed by atoms with van der Waals surface area (Å²) in [4.78, 5) is 14.2. The van der Waals surface area contributed by atoms with E-state index in [1.54, 1.807) is 6.92 Å². The van der Waals surface area contributed by atoms with Gasteiger partial charge in [-0.1, -0.05) is 60.7 Å². The number of carbonyl (C=O) groups excluding carboxylic acids is 1. The van der Waals surface area contributed by atoms with Crippen molar-refractivity contribution in [2.75, 3.05) is 0 Å². The largest absolute Gasteiger partial charge is 0.458 e. The first-order valence-electron chi connectivity index (χ1n) is 8.78. The predicted molar refractivity (Wildman–Crippen MR) is 96.8 cm³/mol. The van der Waals surface area contributed by atoms with Gasteiger partial charge in [-0.05, 0) is 25.0 Å². The number of benzene rings is 2. The van der Waals surface area contributed by atoms with E-state index >= 15 is 0 Å². The Hall–Kier alpha value is -2.17. The summed E-state index contributed by atoms with van der Waals surface area (Å²) in [6.07, 6.45) is -0.889. The third-order valence-corrected chi connectivity index (χ3v) is 4.91. The molecule has 0 unspecified atom stereocenters. The van der Waals surface area contributed by atoms with Gasteiger partial charge in [-0.3, -0.25) is 9.69 Å². The first kappa shape index (κ1) is 17.6. The normalized spacial score (nSPS) is 22.6. The Morgan fingerprint density at radius 3 is 2.28 bits per heavy atom. The first-order chi connectivity index (χ1) is 12.1. The average Bonchev–Trinajstić information content (AvgIpc) is 3.02. The van der Waals surface area contributed by atoms with Crippen molar-refractivity contribution < 1.29 is 14.6 Å². The molecule has 2 aromatic carbocycles. The van der Waals surface area contributed by atoms with Crippen LogP contribution in [0.5, 0.6) is 0 Å². The maximum Gasteiger partial charge on any atom is 0.307 e. The van der Waals surface area contributed by atoms with Gasteiger partial charge in [0.2, 0.25) is 0 Å². The number of ether oxygens (including phenoxy) is 1. The molecule has 2 aromatic rings. The molecule has 1 N–H and O–H groups in total. The molecule has 1 heterocycles. The summed E-state index contributed by atoms with van der Waals surface area (Å²) >= 11 is 0. The van der Waals surface area contributed by atoms with Gasteiger partial charge in [0.05, 0.1) is 18.6 Å². The summed E-state index contributed by atoms with van der Waals surface area (Å²) < 4.78 is 5.41. The molecule has 1 aliphatic heterocycles. The monoisotopic (exact) mass is 339 g/mol. The highest BCUT2D eigenvalue weighted by molar-refractivity contribution is 5.73. The second-order valence-corrected chi connectivity index (χ2v) is 6.71. The Morgan fingerprint density at radius 1 is 1.08 bits per heavy atom. The minimum absolute atomic E-state index is 0.0992. The van der Waals surface area contributed by atoms with Crippen LogP contribution < -0.4 is 0 Å². The van der Waals surface area contributed by atoms with Crippen LogP contribution in [0.25, 0.3) is 0 Å². The van der Waals surface area contributed by atoms with Gasteiger partial charge in [0.25, 0.3) is 0 Å². The quantitative estimate of drug-likeness (QED) is 0.820. The third-order valence-electron chi connectivity index (χ3n) is 4.91. The van der Waals surface area contributed by atoms with E-state index in [2.05, 4.69) is 36.1 Å². The van der Waals surface area contributed by atoms with E-state index in [0.29, 0.717) is 13.0 Å². The zero-order valence-electron chi connectivity index (χ0n) is 14.7. The number of aliphatic hydroxyl groups excluding tert-OH is 1. The summed E-state index contributed by atoms with van der Waals surface area (Å²) in [6, 6.07) is 20.4. The van der Waals surface area contributed by atoms with Crippen molar-refractivity contribution in [1.29, 1.82) is 0 Å². The first-order valence-corrected chi connectivity index (χ1v) is 8.78. The van der Waals surface area contributed by atoms with E-state index in [1.165, 1.54) is 11.1 Å². The van der Waals surface area contributed by atoms with Crippen molar-refractivity contribution in [1.82, 2.24) is 4.90 Å². The lowest BCUT2D eigenvalue weighted by molar-refractivity contribution is -0.145. The van der Waals surface area contributed by atoms with Crippen LogP contribution in [0, 0.1) is 0 Å². The van der Waals surface area contributed by atoms with Crippen LogP contribution in [0.4, 0.5) is 0 Å². The summed E-state index contributed by atoms with van der Waals surface area (Å²) in [7, 11) is 0. The second kappa shape index (κ2) is 7.81. The van der Waals surface area contributed by atoms with E-state index in [1.807, 2.05) is 36.4 Å². The molecule has 0 aliphatic carbocycles. The van der Waals surface area contributed by atoms with Gasteiger partial charge in [-0.25, -0.2) is 0 Å². The van der Waals surface area contributed by atoms with Gasteiger partial charge in [-0.2, -0.15) is 0 Å². The third kappa shape index (κ3) is 4.09. The number of esters is 1. The highest BCUT2D eigenvalue weighted by Crippen LogP contribution is 2.32. The van der Waals surface area contributed by atoms with Crippen LogP contribution >= 0.6 is 0 Å². The lowest BCUT2D eigenvalue weighted by atomic mass is 9.98. The topological polar surface area (TPSA) is 49.8 Å². The standard InChI is InChI=1S/C21H25NO3/c1-15(18-11-7-4-8-12-18)22(14-17-9-5-3-6-10-17)19-13-20(24)25-21(19)16(2)23/h3-12,15-16,19,21,23H,13-14H2,1-2H3/t15-,16-,19+,21-/m1/s1. The van der Waals surface area contributed by atoms with Crippen molar-refractivity contribution in [2.24, 2.45) is 0 Å². The van der Waals surface area contributed by atoms with E-state index in [4.69, 9.17) is 4.74 Å². The summed E-state index contributed by atoms with van der Waals surface area (Å²) in [5.41, 5.74) is 2.36. The fraction of sp³-hybridized carbons (Fsp3) is 0.381. The molecule has 4 nitrogen and oxygen atoms in total. The minimum atomic E-state index is -0.697. The molecular formula is C21H25NO3. The van der Waals surface area contributed by atoms with Crippen LogP contribution in [0.3, 0.4) is 0 Å². The molecule has 4 heteroatoms. The molecular weight excluding hydrogens is 314 g/mol.